The largest absolute Gasteiger partial charge is 0.393 e. The quantitative estimate of drug-likeness (QED) is 0.859. The van der Waals surface area contributed by atoms with Crippen LogP contribution in [-0.4, -0.2) is 27.5 Å². The van der Waals surface area contributed by atoms with Gasteiger partial charge < -0.3 is 10.4 Å². The number of nitrogens with one attached hydrogen (secondary N) is 1. The molecule has 1 aromatic heterocycles. The monoisotopic (exact) mass is 341 g/mol. The zero-order valence-electron chi connectivity index (χ0n) is 11.4. The molecule has 2 aliphatic rings. The summed E-state index contributed by atoms with van der Waals surface area (Å²) in [7, 11) is 0. The van der Waals surface area contributed by atoms with Crippen molar-refractivity contribution in [3.05, 3.63) is 21.0 Å². The second kappa shape index (κ2) is 5.85. The van der Waals surface area contributed by atoms with Crippen molar-refractivity contribution in [3.63, 3.8) is 0 Å². The second-order valence-corrected chi connectivity index (χ2v) is 6.88. The third-order valence-corrected chi connectivity index (χ3v) is 5.03. The van der Waals surface area contributed by atoms with Crippen LogP contribution in [-0.2, 0) is 6.54 Å². The molecule has 0 atom stereocenters. The Morgan fingerprint density at radius 2 is 2.15 bits per heavy atom. The molecule has 0 bridgehead atoms. The van der Waals surface area contributed by atoms with Crippen molar-refractivity contribution >= 4 is 21.6 Å². The average Bonchev–Trinajstić information content (AvgIpc) is 2.33. The van der Waals surface area contributed by atoms with Crippen molar-refractivity contribution in [1.82, 2.24) is 9.78 Å². The topological polar surface area (TPSA) is 67.2 Å². The lowest BCUT2D eigenvalue weighted by Crippen LogP contribution is -2.35. The summed E-state index contributed by atoms with van der Waals surface area (Å²) in [5, 5.41) is 16.7. The van der Waals surface area contributed by atoms with Crippen LogP contribution >= 0.6 is 15.9 Å². The Morgan fingerprint density at radius 1 is 1.40 bits per heavy atom. The number of rotatable bonds is 5. The van der Waals surface area contributed by atoms with Crippen LogP contribution in [0.1, 0.15) is 32.1 Å². The molecular formula is C14H20BrN3O2. The molecule has 0 unspecified atom stereocenters. The lowest BCUT2D eigenvalue weighted by Gasteiger charge is -2.31. The van der Waals surface area contributed by atoms with E-state index in [1.165, 1.54) is 19.3 Å². The second-order valence-electron chi connectivity index (χ2n) is 6.02. The average molecular weight is 342 g/mol. The molecule has 3 rings (SSSR count). The van der Waals surface area contributed by atoms with Crippen LogP contribution in [0, 0.1) is 11.8 Å². The summed E-state index contributed by atoms with van der Waals surface area (Å²) in [6, 6.07) is 0. The van der Waals surface area contributed by atoms with Crippen molar-refractivity contribution in [2.24, 2.45) is 11.8 Å². The van der Waals surface area contributed by atoms with Crippen LogP contribution in [0.2, 0.25) is 0 Å². The van der Waals surface area contributed by atoms with Crippen LogP contribution in [0.4, 0.5) is 5.69 Å². The third-order valence-electron chi connectivity index (χ3n) is 4.43. The van der Waals surface area contributed by atoms with Gasteiger partial charge in [0.15, 0.2) is 0 Å². The van der Waals surface area contributed by atoms with Gasteiger partial charge in [0.25, 0.3) is 5.56 Å². The SMILES string of the molecule is O=c1c(NCC2CC(O)C2)c(Br)cnn1CC1CCC1. The van der Waals surface area contributed by atoms with E-state index in [2.05, 4.69) is 26.3 Å². The molecule has 2 fully saturated rings. The van der Waals surface area contributed by atoms with E-state index in [0.29, 0.717) is 22.0 Å². The molecule has 2 saturated carbocycles. The lowest BCUT2D eigenvalue weighted by atomic mass is 9.82. The maximum absolute atomic E-state index is 12.4. The molecule has 5 nitrogen and oxygen atoms in total. The van der Waals surface area contributed by atoms with E-state index in [0.717, 1.165) is 25.9 Å². The summed E-state index contributed by atoms with van der Waals surface area (Å²) >= 11 is 3.39. The maximum Gasteiger partial charge on any atom is 0.291 e. The molecule has 0 amide bonds. The lowest BCUT2D eigenvalue weighted by molar-refractivity contribution is 0.0486. The fourth-order valence-electron chi connectivity index (χ4n) is 2.79. The summed E-state index contributed by atoms with van der Waals surface area (Å²) in [5.41, 5.74) is 0.548. The van der Waals surface area contributed by atoms with Crippen molar-refractivity contribution in [1.29, 1.82) is 0 Å². The molecule has 0 radical (unpaired) electrons. The van der Waals surface area contributed by atoms with Crippen molar-refractivity contribution in [2.75, 3.05) is 11.9 Å². The fraction of sp³-hybridized carbons (Fsp3) is 0.714. The minimum atomic E-state index is -0.155. The molecule has 0 saturated heterocycles. The summed E-state index contributed by atoms with van der Waals surface area (Å²) in [4.78, 5) is 12.4. The Balaban J connectivity index is 1.68. The minimum Gasteiger partial charge on any atom is -0.393 e. The zero-order chi connectivity index (χ0) is 14.1. The highest BCUT2D eigenvalue weighted by atomic mass is 79.9. The Hall–Kier alpha value is -0.880. The molecule has 1 aromatic rings. The molecule has 0 aliphatic heterocycles. The van der Waals surface area contributed by atoms with Gasteiger partial charge in [0.05, 0.1) is 16.8 Å². The molecule has 2 N–H and O–H groups in total. The molecule has 1 heterocycles. The molecule has 0 spiro atoms. The van der Waals surface area contributed by atoms with Crippen LogP contribution in [0.3, 0.4) is 0 Å². The minimum absolute atomic E-state index is 0.0499. The summed E-state index contributed by atoms with van der Waals surface area (Å²) in [5.74, 6) is 1.07. The Kier molecular flexibility index (Phi) is 4.12. The molecule has 110 valence electrons. The first-order valence-electron chi connectivity index (χ1n) is 7.31. The van der Waals surface area contributed by atoms with Crippen molar-refractivity contribution in [3.8, 4) is 0 Å². The van der Waals surface area contributed by atoms with Crippen LogP contribution in [0.5, 0.6) is 0 Å². The highest BCUT2D eigenvalue weighted by Gasteiger charge is 2.27. The van der Waals surface area contributed by atoms with E-state index >= 15 is 0 Å². The van der Waals surface area contributed by atoms with E-state index in [1.54, 1.807) is 10.9 Å². The van der Waals surface area contributed by atoms with Gasteiger partial charge in [-0.1, -0.05) is 6.42 Å². The highest BCUT2D eigenvalue weighted by molar-refractivity contribution is 9.10. The van der Waals surface area contributed by atoms with Crippen molar-refractivity contribution in [2.45, 2.75) is 44.8 Å². The molecule has 6 heteroatoms. The molecular weight excluding hydrogens is 322 g/mol. The predicted molar refractivity (Wildman–Crippen MR) is 80.8 cm³/mol. The van der Waals surface area contributed by atoms with Crippen molar-refractivity contribution < 1.29 is 5.11 Å². The summed E-state index contributed by atoms with van der Waals surface area (Å²) in [6.45, 7) is 1.46. The molecule has 20 heavy (non-hydrogen) atoms. The number of nitrogens with zero attached hydrogens (tertiary/aromatic N) is 2. The van der Waals surface area contributed by atoms with E-state index in [4.69, 9.17) is 0 Å². The highest BCUT2D eigenvalue weighted by Crippen LogP contribution is 2.29. The number of aliphatic hydroxyl groups excluding tert-OH is 1. The third kappa shape index (κ3) is 2.91. The summed E-state index contributed by atoms with van der Waals surface area (Å²) < 4.78 is 2.29. The fourth-order valence-corrected chi connectivity index (χ4v) is 3.19. The Labute approximate surface area is 126 Å². The Morgan fingerprint density at radius 3 is 2.75 bits per heavy atom. The zero-order valence-corrected chi connectivity index (χ0v) is 13.0. The van der Waals surface area contributed by atoms with Gasteiger partial charge in [0, 0.05) is 13.1 Å². The van der Waals surface area contributed by atoms with Gasteiger partial charge in [-0.15, -0.1) is 0 Å². The van der Waals surface area contributed by atoms with Crippen LogP contribution in [0.25, 0.3) is 0 Å². The van der Waals surface area contributed by atoms with E-state index in [9.17, 15) is 9.90 Å². The van der Waals surface area contributed by atoms with Gasteiger partial charge in [-0.3, -0.25) is 4.79 Å². The van der Waals surface area contributed by atoms with E-state index in [1.807, 2.05) is 0 Å². The number of anilines is 1. The molecule has 2 aliphatic carbocycles. The van der Waals surface area contributed by atoms with E-state index < -0.39 is 0 Å². The number of aliphatic hydroxyl groups is 1. The van der Waals surface area contributed by atoms with Gasteiger partial charge in [-0.05, 0) is 53.4 Å². The first kappa shape index (κ1) is 14.1. The van der Waals surface area contributed by atoms with E-state index in [-0.39, 0.29) is 11.7 Å². The molecule has 0 aromatic carbocycles. The number of halogens is 1. The smallest absolute Gasteiger partial charge is 0.291 e. The number of hydrogen-bond acceptors (Lipinski definition) is 4. The van der Waals surface area contributed by atoms with Gasteiger partial charge >= 0.3 is 0 Å². The van der Waals surface area contributed by atoms with Crippen LogP contribution in [0.15, 0.2) is 15.5 Å². The van der Waals surface area contributed by atoms with Crippen LogP contribution < -0.4 is 10.9 Å². The van der Waals surface area contributed by atoms with Gasteiger partial charge in [0.2, 0.25) is 0 Å². The van der Waals surface area contributed by atoms with Gasteiger partial charge in [-0.2, -0.15) is 5.10 Å². The maximum atomic E-state index is 12.4. The summed E-state index contributed by atoms with van der Waals surface area (Å²) in [6.07, 6.45) is 6.86. The standard InChI is InChI=1S/C14H20BrN3O2/c15-12-7-17-18(8-9-2-1-3-9)14(20)13(12)16-6-10-4-11(19)5-10/h7,9-11,16,19H,1-6,8H2. The first-order chi connectivity index (χ1) is 9.63. The number of hydrogen-bond donors (Lipinski definition) is 2. The predicted octanol–water partition coefficient (Wildman–Crippen LogP) is 1.99. The van der Waals surface area contributed by atoms with Gasteiger partial charge in [-0.25, -0.2) is 4.68 Å². The number of aromatic nitrogens is 2. The first-order valence-corrected chi connectivity index (χ1v) is 8.10. The normalized spacial score (nSPS) is 25.9. The van der Waals surface area contributed by atoms with Gasteiger partial charge in [0.1, 0.15) is 5.69 Å². The Bertz CT molecular complexity index is 536.